The van der Waals surface area contributed by atoms with Crippen molar-refractivity contribution < 1.29 is 4.79 Å². The fourth-order valence-corrected chi connectivity index (χ4v) is 1.13. The second-order valence-corrected chi connectivity index (χ2v) is 4.84. The van der Waals surface area contributed by atoms with E-state index < -0.39 is 0 Å². The number of carbonyl (C=O) groups is 1. The summed E-state index contributed by atoms with van der Waals surface area (Å²) in [5, 5.41) is 5.95. The Labute approximate surface area is 87.0 Å². The van der Waals surface area contributed by atoms with E-state index in [-0.39, 0.29) is 17.5 Å². The molecule has 0 bridgehead atoms. The van der Waals surface area contributed by atoms with E-state index in [1.54, 1.807) is 7.05 Å². The number of hydrogen-bond donors (Lipinski definition) is 2. The Balaban J connectivity index is 4.18. The van der Waals surface area contributed by atoms with Crippen LogP contribution in [0.3, 0.4) is 0 Å². The molecule has 0 aliphatic heterocycles. The number of nitrogens with one attached hydrogen (secondary N) is 2. The van der Waals surface area contributed by atoms with Crippen molar-refractivity contribution in [2.24, 2.45) is 0 Å². The Kier molecular flexibility index (Phi) is 5.08. The zero-order valence-corrected chi connectivity index (χ0v) is 10.1. The summed E-state index contributed by atoms with van der Waals surface area (Å²) in [4.78, 5) is 13.7. The highest BCUT2D eigenvalue weighted by molar-refractivity contribution is 5.82. The van der Waals surface area contributed by atoms with Gasteiger partial charge in [0, 0.05) is 12.1 Å². The van der Waals surface area contributed by atoms with Gasteiger partial charge in [0.2, 0.25) is 5.91 Å². The molecule has 1 amide bonds. The normalized spacial score (nSPS) is 14.2. The summed E-state index contributed by atoms with van der Waals surface area (Å²) in [6.45, 7) is 6.65. The molecule has 0 aromatic rings. The Bertz CT molecular complexity index is 184. The first-order valence-electron chi connectivity index (χ1n) is 4.90. The van der Waals surface area contributed by atoms with E-state index in [4.69, 9.17) is 0 Å². The molecule has 0 aliphatic rings. The molecule has 1 unspecified atom stereocenters. The van der Waals surface area contributed by atoms with Crippen LogP contribution in [-0.2, 0) is 4.79 Å². The van der Waals surface area contributed by atoms with Crippen LogP contribution in [-0.4, -0.2) is 50.1 Å². The number of carbonyl (C=O) groups excluding carboxylic acids is 1. The van der Waals surface area contributed by atoms with Gasteiger partial charge in [0.25, 0.3) is 0 Å². The van der Waals surface area contributed by atoms with Crippen LogP contribution in [0.2, 0.25) is 0 Å². The molecule has 0 spiro atoms. The molecule has 2 N–H and O–H groups in total. The lowest BCUT2D eigenvalue weighted by atomic mass is 10.1. The van der Waals surface area contributed by atoms with E-state index in [9.17, 15) is 4.79 Å². The summed E-state index contributed by atoms with van der Waals surface area (Å²) >= 11 is 0. The Morgan fingerprint density at radius 2 is 1.86 bits per heavy atom. The zero-order valence-electron chi connectivity index (χ0n) is 10.1. The van der Waals surface area contributed by atoms with Gasteiger partial charge in [0.1, 0.15) is 0 Å². The van der Waals surface area contributed by atoms with Gasteiger partial charge in [-0.15, -0.1) is 0 Å². The molecule has 0 radical (unpaired) electrons. The first-order chi connectivity index (χ1) is 6.26. The maximum atomic E-state index is 11.7. The minimum absolute atomic E-state index is 0.0497. The van der Waals surface area contributed by atoms with Crippen molar-refractivity contribution in [2.45, 2.75) is 32.4 Å². The van der Waals surface area contributed by atoms with E-state index in [2.05, 4.69) is 10.6 Å². The summed E-state index contributed by atoms with van der Waals surface area (Å²) in [6, 6.07) is -0.149. The topological polar surface area (TPSA) is 44.4 Å². The molecule has 0 heterocycles. The van der Waals surface area contributed by atoms with Crippen molar-refractivity contribution in [3.63, 3.8) is 0 Å². The Morgan fingerprint density at radius 3 is 2.14 bits per heavy atom. The third kappa shape index (κ3) is 5.94. The van der Waals surface area contributed by atoms with Gasteiger partial charge in [-0.2, -0.15) is 0 Å². The lowest BCUT2D eigenvalue weighted by Crippen LogP contribution is -2.53. The average Bonchev–Trinajstić information content (AvgIpc) is 1.96. The molecular weight excluding hydrogens is 178 g/mol. The van der Waals surface area contributed by atoms with Crippen molar-refractivity contribution in [3.8, 4) is 0 Å². The molecule has 0 aromatic carbocycles. The Morgan fingerprint density at radius 1 is 1.36 bits per heavy atom. The molecule has 0 aromatic heterocycles. The third-order valence-corrected chi connectivity index (χ3v) is 1.71. The summed E-state index contributed by atoms with van der Waals surface area (Å²) < 4.78 is 0. The first-order valence-corrected chi connectivity index (χ1v) is 4.90. The van der Waals surface area contributed by atoms with Crippen LogP contribution in [0.4, 0.5) is 0 Å². The van der Waals surface area contributed by atoms with Gasteiger partial charge in [-0.05, 0) is 41.9 Å². The van der Waals surface area contributed by atoms with E-state index in [1.807, 2.05) is 39.8 Å². The number of likely N-dealkylation sites (N-methyl/N-ethyl adjacent to an activating group) is 2. The predicted molar refractivity (Wildman–Crippen MR) is 59.3 cm³/mol. The Hall–Kier alpha value is -0.610. The number of hydrogen-bond acceptors (Lipinski definition) is 3. The maximum Gasteiger partial charge on any atom is 0.238 e. The second kappa shape index (κ2) is 5.32. The summed E-state index contributed by atoms with van der Waals surface area (Å²) in [5.74, 6) is 0.0497. The van der Waals surface area contributed by atoms with Crippen molar-refractivity contribution >= 4 is 5.91 Å². The van der Waals surface area contributed by atoms with Gasteiger partial charge in [0.15, 0.2) is 0 Å². The highest BCUT2D eigenvalue weighted by Crippen LogP contribution is 1.99. The van der Waals surface area contributed by atoms with Crippen LogP contribution in [0.5, 0.6) is 0 Å². The van der Waals surface area contributed by atoms with Crippen molar-refractivity contribution in [3.05, 3.63) is 0 Å². The van der Waals surface area contributed by atoms with Gasteiger partial charge in [-0.3, -0.25) is 4.79 Å². The smallest absolute Gasteiger partial charge is 0.238 e. The fourth-order valence-electron chi connectivity index (χ4n) is 1.13. The SMILES string of the molecule is CNC(CN(C)C)C(=O)NC(C)(C)C. The molecule has 0 fully saturated rings. The van der Waals surface area contributed by atoms with E-state index >= 15 is 0 Å². The largest absolute Gasteiger partial charge is 0.350 e. The molecule has 0 rings (SSSR count). The van der Waals surface area contributed by atoms with Gasteiger partial charge < -0.3 is 15.5 Å². The van der Waals surface area contributed by atoms with Crippen LogP contribution in [0, 0.1) is 0 Å². The highest BCUT2D eigenvalue weighted by Gasteiger charge is 2.21. The van der Waals surface area contributed by atoms with Crippen molar-refractivity contribution in [1.29, 1.82) is 0 Å². The first kappa shape index (κ1) is 13.4. The van der Waals surface area contributed by atoms with E-state index in [0.29, 0.717) is 6.54 Å². The number of amides is 1. The van der Waals surface area contributed by atoms with E-state index in [1.165, 1.54) is 0 Å². The van der Waals surface area contributed by atoms with Crippen LogP contribution < -0.4 is 10.6 Å². The van der Waals surface area contributed by atoms with Crippen LogP contribution in [0.15, 0.2) is 0 Å². The molecule has 4 heteroatoms. The molecule has 4 nitrogen and oxygen atoms in total. The molecule has 84 valence electrons. The molecule has 0 saturated carbocycles. The minimum Gasteiger partial charge on any atom is -0.350 e. The predicted octanol–water partition coefficient (Wildman–Crippen LogP) is 0.0507. The average molecular weight is 201 g/mol. The molecule has 1 atom stereocenters. The zero-order chi connectivity index (χ0) is 11.4. The third-order valence-electron chi connectivity index (χ3n) is 1.71. The van der Waals surface area contributed by atoms with Gasteiger partial charge >= 0.3 is 0 Å². The van der Waals surface area contributed by atoms with Crippen molar-refractivity contribution in [2.75, 3.05) is 27.7 Å². The fraction of sp³-hybridized carbons (Fsp3) is 0.900. The molecule has 0 saturated heterocycles. The summed E-state index contributed by atoms with van der Waals surface area (Å²) in [6.07, 6.45) is 0. The monoisotopic (exact) mass is 201 g/mol. The second-order valence-electron chi connectivity index (χ2n) is 4.84. The quantitative estimate of drug-likeness (QED) is 0.675. The maximum absolute atomic E-state index is 11.7. The lowest BCUT2D eigenvalue weighted by Gasteiger charge is -2.26. The van der Waals surface area contributed by atoms with Crippen LogP contribution in [0.25, 0.3) is 0 Å². The highest BCUT2D eigenvalue weighted by atomic mass is 16.2. The van der Waals surface area contributed by atoms with Gasteiger partial charge in [-0.25, -0.2) is 0 Å². The van der Waals surface area contributed by atoms with Gasteiger partial charge in [-0.1, -0.05) is 0 Å². The molecule has 14 heavy (non-hydrogen) atoms. The minimum atomic E-state index is -0.168. The van der Waals surface area contributed by atoms with Crippen LogP contribution in [0.1, 0.15) is 20.8 Å². The standard InChI is InChI=1S/C10H23N3O/c1-10(2,3)12-9(14)8(11-4)7-13(5)6/h8,11H,7H2,1-6H3,(H,12,14). The van der Waals surface area contributed by atoms with Crippen LogP contribution >= 0.6 is 0 Å². The number of rotatable bonds is 4. The van der Waals surface area contributed by atoms with Crippen molar-refractivity contribution in [1.82, 2.24) is 15.5 Å². The summed E-state index contributed by atoms with van der Waals surface area (Å²) in [5.41, 5.74) is -0.168. The lowest BCUT2D eigenvalue weighted by molar-refractivity contribution is -0.124. The summed E-state index contributed by atoms with van der Waals surface area (Å²) in [7, 11) is 5.71. The van der Waals surface area contributed by atoms with E-state index in [0.717, 1.165) is 0 Å². The number of nitrogens with zero attached hydrogens (tertiary/aromatic N) is 1. The molecular formula is C10H23N3O. The van der Waals surface area contributed by atoms with Gasteiger partial charge in [0.05, 0.1) is 6.04 Å². The molecule has 0 aliphatic carbocycles.